The third-order valence-electron chi connectivity index (χ3n) is 5.20. The van der Waals surface area contributed by atoms with Crippen LogP contribution < -0.4 is 10.6 Å². The van der Waals surface area contributed by atoms with Gasteiger partial charge in [0.05, 0.1) is 17.3 Å². The number of urea groups is 1. The molecule has 0 saturated carbocycles. The molecule has 2 aliphatic heterocycles. The second kappa shape index (κ2) is 8.43. The molecule has 2 N–H and O–H groups in total. The Morgan fingerprint density at radius 1 is 1.26 bits per heavy atom. The molecule has 0 bridgehead atoms. The fourth-order valence-electron chi connectivity index (χ4n) is 3.54. The molecule has 0 aliphatic carbocycles. The highest BCUT2D eigenvalue weighted by atomic mass is 32.2. The van der Waals surface area contributed by atoms with E-state index >= 15 is 0 Å². The number of halogens is 1. The number of hydrogen-bond donors (Lipinski definition) is 2. The number of nitrogens with zero attached hydrogens (tertiary/aromatic N) is 1. The summed E-state index contributed by atoms with van der Waals surface area (Å²) >= 11 is 1.59. The summed E-state index contributed by atoms with van der Waals surface area (Å²) in [5.41, 5.74) is 2.16. The number of amides is 3. The van der Waals surface area contributed by atoms with Gasteiger partial charge in [-0.05, 0) is 48.6 Å². The van der Waals surface area contributed by atoms with Crippen molar-refractivity contribution in [3.8, 4) is 0 Å². The first-order valence-electron chi connectivity index (χ1n) is 9.55. The maximum absolute atomic E-state index is 13.7. The molecule has 2 aliphatic rings. The minimum Gasteiger partial charge on any atom is -0.456 e. The number of thioether (sulfide) groups is 1. The van der Waals surface area contributed by atoms with Crippen molar-refractivity contribution < 1.29 is 23.5 Å². The van der Waals surface area contributed by atoms with E-state index in [9.17, 15) is 18.8 Å². The van der Waals surface area contributed by atoms with Crippen LogP contribution in [0.3, 0.4) is 0 Å². The Morgan fingerprint density at radius 3 is 2.68 bits per heavy atom. The zero-order chi connectivity index (χ0) is 22.1. The van der Waals surface area contributed by atoms with Gasteiger partial charge in [-0.3, -0.25) is 9.69 Å². The van der Waals surface area contributed by atoms with Crippen LogP contribution in [0, 0.1) is 12.7 Å². The Kier molecular flexibility index (Phi) is 5.69. The van der Waals surface area contributed by atoms with Crippen LogP contribution in [-0.2, 0) is 14.3 Å². The molecule has 0 radical (unpaired) electrons. The molecule has 2 aromatic carbocycles. The number of ether oxygens (including phenoxy) is 1. The molecule has 9 heteroatoms. The van der Waals surface area contributed by atoms with Crippen LogP contribution >= 0.6 is 11.8 Å². The summed E-state index contributed by atoms with van der Waals surface area (Å²) < 4.78 is 18.9. The summed E-state index contributed by atoms with van der Waals surface area (Å²) in [5.74, 6) is -1.49. The highest BCUT2D eigenvalue weighted by molar-refractivity contribution is 7.98. The maximum atomic E-state index is 13.7. The fourth-order valence-corrected chi connectivity index (χ4v) is 3.95. The summed E-state index contributed by atoms with van der Waals surface area (Å²) in [6, 6.07) is 10.7. The van der Waals surface area contributed by atoms with Crippen LogP contribution in [0.25, 0.3) is 0 Å². The standard InChI is InChI=1S/C22H20FN3O4S/c1-12-3-6-14(9-16(12)23)24-18(27)10-26-17-11-30-21(28)19(17)20(25-22(26)29)13-4-7-15(31-2)8-5-13/h3-9,20H,10-11H2,1-2H3,(H,24,27)(H,25,29). The van der Waals surface area contributed by atoms with E-state index in [1.807, 2.05) is 30.5 Å². The van der Waals surface area contributed by atoms with Crippen LogP contribution in [0.4, 0.5) is 14.9 Å². The third kappa shape index (κ3) is 4.13. The maximum Gasteiger partial charge on any atom is 0.338 e. The lowest BCUT2D eigenvalue weighted by molar-refractivity contribution is -0.136. The Labute approximate surface area is 182 Å². The Bertz CT molecular complexity index is 1100. The average molecular weight is 441 g/mol. The van der Waals surface area contributed by atoms with Crippen LogP contribution in [0.5, 0.6) is 0 Å². The first-order valence-corrected chi connectivity index (χ1v) is 10.8. The molecule has 2 heterocycles. The van der Waals surface area contributed by atoms with E-state index in [1.54, 1.807) is 30.8 Å². The summed E-state index contributed by atoms with van der Waals surface area (Å²) in [4.78, 5) is 40.0. The van der Waals surface area contributed by atoms with Crippen molar-refractivity contribution in [1.82, 2.24) is 10.2 Å². The average Bonchev–Trinajstić information content (AvgIpc) is 3.14. The number of cyclic esters (lactones) is 1. The number of esters is 1. The number of rotatable bonds is 5. The van der Waals surface area contributed by atoms with Crippen LogP contribution in [0.15, 0.2) is 58.6 Å². The van der Waals surface area contributed by atoms with Crippen molar-refractivity contribution in [3.05, 3.63) is 70.7 Å². The Balaban J connectivity index is 1.57. The fraction of sp³-hybridized carbons (Fsp3) is 0.227. The van der Waals surface area contributed by atoms with Crippen molar-refractivity contribution in [2.45, 2.75) is 17.9 Å². The number of anilines is 1. The van der Waals surface area contributed by atoms with Crippen molar-refractivity contribution in [2.24, 2.45) is 0 Å². The molecule has 0 saturated heterocycles. The van der Waals surface area contributed by atoms with Crippen molar-refractivity contribution in [2.75, 3.05) is 24.7 Å². The number of nitrogens with one attached hydrogen (secondary N) is 2. The van der Waals surface area contributed by atoms with Crippen molar-refractivity contribution in [3.63, 3.8) is 0 Å². The van der Waals surface area contributed by atoms with Gasteiger partial charge in [0.15, 0.2) is 0 Å². The number of hydrogen-bond acceptors (Lipinski definition) is 5. The molecule has 4 rings (SSSR count). The molecule has 2 aromatic rings. The molecule has 1 atom stereocenters. The van der Waals surface area contributed by atoms with Crippen LogP contribution in [0.1, 0.15) is 17.2 Å². The number of carbonyl (C=O) groups excluding carboxylic acids is 3. The summed E-state index contributed by atoms with van der Waals surface area (Å²) in [6.45, 7) is 1.19. The first kappa shape index (κ1) is 20.9. The van der Waals surface area contributed by atoms with Crippen molar-refractivity contribution in [1.29, 1.82) is 0 Å². The molecule has 0 spiro atoms. The minimum atomic E-state index is -0.654. The van der Waals surface area contributed by atoms with Gasteiger partial charge < -0.3 is 15.4 Å². The second-order valence-corrected chi connectivity index (χ2v) is 8.07. The largest absolute Gasteiger partial charge is 0.456 e. The summed E-state index contributed by atoms with van der Waals surface area (Å²) in [7, 11) is 0. The minimum absolute atomic E-state index is 0.0899. The van der Waals surface area contributed by atoms with Gasteiger partial charge in [0.25, 0.3) is 0 Å². The number of aryl methyl sites for hydroxylation is 1. The van der Waals surface area contributed by atoms with E-state index in [0.29, 0.717) is 16.8 Å². The normalized spacial score (nSPS) is 17.9. The second-order valence-electron chi connectivity index (χ2n) is 7.19. The van der Waals surface area contributed by atoms with E-state index in [-0.39, 0.29) is 18.8 Å². The van der Waals surface area contributed by atoms with E-state index < -0.39 is 29.8 Å². The Morgan fingerprint density at radius 2 is 2.00 bits per heavy atom. The predicted octanol–water partition coefficient (Wildman–Crippen LogP) is 3.37. The smallest absolute Gasteiger partial charge is 0.338 e. The van der Waals surface area contributed by atoms with Gasteiger partial charge in [-0.1, -0.05) is 18.2 Å². The van der Waals surface area contributed by atoms with E-state index in [2.05, 4.69) is 10.6 Å². The van der Waals surface area contributed by atoms with Gasteiger partial charge in [0.1, 0.15) is 19.0 Å². The lowest BCUT2D eigenvalue weighted by Crippen LogP contribution is -2.49. The topological polar surface area (TPSA) is 87.7 Å². The summed E-state index contributed by atoms with van der Waals surface area (Å²) in [5, 5.41) is 5.36. The molecule has 0 fully saturated rings. The van der Waals surface area contributed by atoms with Gasteiger partial charge in [-0.15, -0.1) is 11.8 Å². The van der Waals surface area contributed by atoms with E-state index in [4.69, 9.17) is 4.74 Å². The molecule has 160 valence electrons. The van der Waals surface area contributed by atoms with Crippen LogP contribution in [0.2, 0.25) is 0 Å². The number of carbonyl (C=O) groups is 3. The summed E-state index contributed by atoms with van der Waals surface area (Å²) in [6.07, 6.45) is 1.96. The number of benzene rings is 2. The van der Waals surface area contributed by atoms with Crippen molar-refractivity contribution >= 4 is 35.4 Å². The van der Waals surface area contributed by atoms with E-state index in [0.717, 1.165) is 10.5 Å². The molecule has 3 amide bonds. The highest BCUT2D eigenvalue weighted by Crippen LogP contribution is 2.35. The zero-order valence-electron chi connectivity index (χ0n) is 16.9. The zero-order valence-corrected chi connectivity index (χ0v) is 17.7. The van der Waals surface area contributed by atoms with Gasteiger partial charge in [-0.2, -0.15) is 0 Å². The van der Waals surface area contributed by atoms with Gasteiger partial charge in [-0.25, -0.2) is 14.0 Å². The third-order valence-corrected chi connectivity index (χ3v) is 5.95. The molecule has 7 nitrogen and oxygen atoms in total. The van der Waals surface area contributed by atoms with Gasteiger partial charge >= 0.3 is 12.0 Å². The first-order chi connectivity index (χ1) is 14.9. The molecule has 31 heavy (non-hydrogen) atoms. The Hall–Kier alpha value is -3.33. The quantitative estimate of drug-likeness (QED) is 0.549. The molecular weight excluding hydrogens is 421 g/mol. The molecule has 0 aromatic heterocycles. The SMILES string of the molecule is CSc1ccc(C2NC(=O)N(CC(=O)Nc3ccc(C)c(F)c3)C3=C2C(=O)OC3)cc1. The molecule has 1 unspecified atom stereocenters. The lowest BCUT2D eigenvalue weighted by Gasteiger charge is -2.32. The highest BCUT2D eigenvalue weighted by Gasteiger charge is 2.42. The van der Waals surface area contributed by atoms with Gasteiger partial charge in [0.2, 0.25) is 5.91 Å². The predicted molar refractivity (Wildman–Crippen MR) is 114 cm³/mol. The van der Waals surface area contributed by atoms with Gasteiger partial charge in [0, 0.05) is 10.6 Å². The van der Waals surface area contributed by atoms with E-state index in [1.165, 1.54) is 11.0 Å². The molecular formula is C22H20FN3O4S. The van der Waals surface area contributed by atoms with Crippen LogP contribution in [-0.4, -0.2) is 42.2 Å². The lowest BCUT2D eigenvalue weighted by atomic mass is 9.96. The monoisotopic (exact) mass is 441 g/mol.